The molecular weight excluding hydrogens is 450 g/mol. The fourth-order valence-corrected chi connectivity index (χ4v) is 4.01. The molecule has 184 valence electrons. The predicted octanol–water partition coefficient (Wildman–Crippen LogP) is 2.53. The standard InChI is InChI=1S/C24H29N7O4/c1-5-34-16-8-17(22-15(9-25)10-28-31(22)13-16)19-11-27-21(12-26-19)30-7-6-18(20(32)14-30)29-23(33)35-24(2,3)4/h8,10-13,18,20,32H,5-7,14H2,1-4H3,(H,29,33)/t18-,20-/m0/s1. The Labute approximate surface area is 203 Å². The van der Waals surface area contributed by atoms with Gasteiger partial charge in [0.1, 0.15) is 23.2 Å². The van der Waals surface area contributed by atoms with E-state index < -0.39 is 23.8 Å². The molecule has 1 amide bonds. The van der Waals surface area contributed by atoms with E-state index in [4.69, 9.17) is 9.47 Å². The van der Waals surface area contributed by atoms with Crippen LogP contribution >= 0.6 is 0 Å². The van der Waals surface area contributed by atoms with E-state index in [0.717, 1.165) is 0 Å². The first-order valence-corrected chi connectivity index (χ1v) is 11.5. The number of hydrogen-bond acceptors (Lipinski definition) is 9. The van der Waals surface area contributed by atoms with Crippen LogP contribution in [-0.4, -0.2) is 68.2 Å². The van der Waals surface area contributed by atoms with E-state index in [1.54, 1.807) is 43.9 Å². The average Bonchev–Trinajstić information content (AvgIpc) is 3.22. The number of carbonyl (C=O) groups is 1. The summed E-state index contributed by atoms with van der Waals surface area (Å²) >= 11 is 0. The van der Waals surface area contributed by atoms with E-state index in [1.165, 1.54) is 6.20 Å². The maximum atomic E-state index is 12.1. The highest BCUT2D eigenvalue weighted by Crippen LogP contribution is 2.30. The smallest absolute Gasteiger partial charge is 0.407 e. The number of nitriles is 1. The van der Waals surface area contributed by atoms with Crippen LogP contribution in [0.2, 0.25) is 0 Å². The predicted molar refractivity (Wildman–Crippen MR) is 128 cm³/mol. The average molecular weight is 480 g/mol. The third-order valence-electron chi connectivity index (χ3n) is 5.54. The second-order valence-electron chi connectivity index (χ2n) is 9.30. The fraction of sp³-hybridized carbons (Fsp3) is 0.458. The first kappa shape index (κ1) is 24.2. The van der Waals surface area contributed by atoms with Crippen LogP contribution in [-0.2, 0) is 4.74 Å². The van der Waals surface area contributed by atoms with Crippen LogP contribution in [0, 0.1) is 11.3 Å². The Bertz CT molecular complexity index is 1240. The number of β-amino-alcohol motifs (C(OH)–C–C–N with tert-alkyl or cyclic N) is 1. The third-order valence-corrected chi connectivity index (χ3v) is 5.54. The maximum absolute atomic E-state index is 12.1. The number of hydrogen-bond donors (Lipinski definition) is 2. The molecule has 1 saturated heterocycles. The summed E-state index contributed by atoms with van der Waals surface area (Å²) in [6.07, 6.45) is 5.70. The van der Waals surface area contributed by atoms with Gasteiger partial charge in [-0.1, -0.05) is 0 Å². The SMILES string of the molecule is CCOc1cc(-c2cnc(N3CC[C@H](NC(=O)OC(C)(C)C)[C@@H](O)C3)cn2)c2c(C#N)cnn2c1. The van der Waals surface area contributed by atoms with Gasteiger partial charge in [0.15, 0.2) is 0 Å². The topological polar surface area (TPSA) is 138 Å². The zero-order valence-electron chi connectivity index (χ0n) is 20.2. The monoisotopic (exact) mass is 479 g/mol. The number of amides is 1. The van der Waals surface area contributed by atoms with E-state index in [1.807, 2.05) is 17.9 Å². The molecule has 1 aliphatic heterocycles. The number of nitrogens with one attached hydrogen (secondary N) is 1. The number of alkyl carbamates (subject to hydrolysis) is 1. The molecular formula is C24H29N7O4. The summed E-state index contributed by atoms with van der Waals surface area (Å²) < 4.78 is 12.5. The second-order valence-corrected chi connectivity index (χ2v) is 9.30. The molecule has 2 N–H and O–H groups in total. The highest BCUT2D eigenvalue weighted by molar-refractivity contribution is 5.83. The number of piperidine rings is 1. The highest BCUT2D eigenvalue weighted by atomic mass is 16.6. The van der Waals surface area contributed by atoms with Crippen LogP contribution in [0.1, 0.15) is 39.7 Å². The minimum absolute atomic E-state index is 0.291. The summed E-state index contributed by atoms with van der Waals surface area (Å²) in [5.74, 6) is 1.21. The number of aliphatic hydroxyl groups excluding tert-OH is 1. The molecule has 1 aliphatic rings. The van der Waals surface area contributed by atoms with Gasteiger partial charge in [-0.05, 0) is 40.2 Å². The number of pyridine rings is 1. The molecule has 0 aromatic carbocycles. The number of nitrogens with zero attached hydrogens (tertiary/aromatic N) is 6. The number of rotatable bonds is 5. The van der Waals surface area contributed by atoms with Crippen LogP contribution in [0.5, 0.6) is 5.75 Å². The Morgan fingerprint density at radius 2 is 2.11 bits per heavy atom. The Hall–Kier alpha value is -3.91. The Kier molecular flexibility index (Phi) is 6.75. The molecule has 0 spiro atoms. The van der Waals surface area contributed by atoms with Gasteiger partial charge in [0.2, 0.25) is 0 Å². The minimum Gasteiger partial charge on any atom is -0.492 e. The summed E-state index contributed by atoms with van der Waals surface area (Å²) in [5, 5.41) is 27.1. The van der Waals surface area contributed by atoms with E-state index >= 15 is 0 Å². The first-order chi connectivity index (χ1) is 16.7. The van der Waals surface area contributed by atoms with Crippen molar-refractivity contribution in [2.24, 2.45) is 0 Å². The fourth-order valence-electron chi connectivity index (χ4n) is 4.01. The van der Waals surface area contributed by atoms with Crippen molar-refractivity contribution in [3.63, 3.8) is 0 Å². The van der Waals surface area contributed by atoms with Gasteiger partial charge in [-0.15, -0.1) is 0 Å². The number of aliphatic hydroxyl groups is 1. The lowest BCUT2D eigenvalue weighted by atomic mass is 10.0. The van der Waals surface area contributed by atoms with Gasteiger partial charge in [-0.2, -0.15) is 10.4 Å². The molecule has 1 fully saturated rings. The van der Waals surface area contributed by atoms with E-state index in [-0.39, 0.29) is 0 Å². The van der Waals surface area contributed by atoms with Gasteiger partial charge in [0, 0.05) is 18.7 Å². The van der Waals surface area contributed by atoms with Gasteiger partial charge >= 0.3 is 6.09 Å². The Balaban J connectivity index is 1.51. The van der Waals surface area contributed by atoms with Crippen molar-refractivity contribution in [3.8, 4) is 23.1 Å². The quantitative estimate of drug-likeness (QED) is 0.565. The van der Waals surface area contributed by atoms with Crippen molar-refractivity contribution in [1.82, 2.24) is 24.9 Å². The molecule has 3 aromatic rings. The van der Waals surface area contributed by atoms with Crippen LogP contribution in [0.4, 0.5) is 10.6 Å². The van der Waals surface area contributed by atoms with Gasteiger partial charge in [0.25, 0.3) is 0 Å². The number of fused-ring (bicyclic) bond motifs is 1. The second kappa shape index (κ2) is 9.76. The third kappa shape index (κ3) is 5.44. The Morgan fingerprint density at radius 1 is 1.31 bits per heavy atom. The van der Waals surface area contributed by atoms with Crippen molar-refractivity contribution in [3.05, 3.63) is 36.4 Å². The largest absolute Gasteiger partial charge is 0.492 e. The summed E-state index contributed by atoms with van der Waals surface area (Å²) in [7, 11) is 0. The molecule has 0 radical (unpaired) electrons. The lowest BCUT2D eigenvalue weighted by Gasteiger charge is -2.36. The van der Waals surface area contributed by atoms with Crippen molar-refractivity contribution >= 4 is 17.4 Å². The van der Waals surface area contributed by atoms with E-state index in [0.29, 0.717) is 60.0 Å². The molecule has 0 bridgehead atoms. The Morgan fingerprint density at radius 3 is 2.74 bits per heavy atom. The molecule has 0 unspecified atom stereocenters. The summed E-state index contributed by atoms with van der Waals surface area (Å²) in [6.45, 7) is 8.63. The molecule has 4 heterocycles. The zero-order valence-corrected chi connectivity index (χ0v) is 20.2. The number of aromatic nitrogens is 4. The summed E-state index contributed by atoms with van der Waals surface area (Å²) in [6, 6.07) is 3.58. The molecule has 4 rings (SSSR count). The van der Waals surface area contributed by atoms with Crippen LogP contribution < -0.4 is 15.0 Å². The molecule has 11 nitrogen and oxygen atoms in total. The van der Waals surface area contributed by atoms with Gasteiger partial charge in [-0.3, -0.25) is 4.98 Å². The van der Waals surface area contributed by atoms with E-state index in [9.17, 15) is 15.2 Å². The lowest BCUT2D eigenvalue weighted by molar-refractivity contribution is 0.0402. The van der Waals surface area contributed by atoms with Crippen molar-refractivity contribution < 1.29 is 19.4 Å². The number of ether oxygens (including phenoxy) is 2. The molecule has 0 saturated carbocycles. The van der Waals surface area contributed by atoms with Gasteiger partial charge in [0.05, 0.1) is 60.3 Å². The van der Waals surface area contributed by atoms with Crippen molar-refractivity contribution in [1.29, 1.82) is 5.26 Å². The van der Waals surface area contributed by atoms with Crippen molar-refractivity contribution in [2.75, 3.05) is 24.6 Å². The molecule has 0 aliphatic carbocycles. The number of carbonyl (C=O) groups excluding carboxylic acids is 1. The summed E-state index contributed by atoms with van der Waals surface area (Å²) in [5.41, 5.74) is 1.70. The van der Waals surface area contributed by atoms with Crippen LogP contribution in [0.15, 0.2) is 30.9 Å². The maximum Gasteiger partial charge on any atom is 0.407 e. The molecule has 2 atom stereocenters. The number of anilines is 1. The van der Waals surface area contributed by atoms with Crippen molar-refractivity contribution in [2.45, 2.75) is 51.9 Å². The molecule has 11 heteroatoms. The normalized spacial score (nSPS) is 18.2. The highest BCUT2D eigenvalue weighted by Gasteiger charge is 2.31. The molecule has 3 aromatic heterocycles. The zero-order chi connectivity index (χ0) is 25.2. The first-order valence-electron chi connectivity index (χ1n) is 11.5. The van der Waals surface area contributed by atoms with Gasteiger partial charge < -0.3 is 24.8 Å². The van der Waals surface area contributed by atoms with Gasteiger partial charge in [-0.25, -0.2) is 14.3 Å². The van der Waals surface area contributed by atoms with Crippen LogP contribution in [0.3, 0.4) is 0 Å². The lowest BCUT2D eigenvalue weighted by Crippen LogP contribution is -2.55. The van der Waals surface area contributed by atoms with Crippen LogP contribution in [0.25, 0.3) is 16.8 Å². The van der Waals surface area contributed by atoms with E-state index in [2.05, 4.69) is 26.5 Å². The minimum atomic E-state index is -0.787. The summed E-state index contributed by atoms with van der Waals surface area (Å²) in [4.78, 5) is 23.1. The molecule has 35 heavy (non-hydrogen) atoms.